The van der Waals surface area contributed by atoms with Crippen LogP contribution in [-0.2, 0) is 25.5 Å². The lowest BCUT2D eigenvalue weighted by atomic mass is 10.0. The number of esters is 1. The number of ether oxygens (including phenoxy) is 1. The first-order valence-electron chi connectivity index (χ1n) is 11.9. The van der Waals surface area contributed by atoms with Crippen LogP contribution in [0.15, 0.2) is 30.3 Å². The van der Waals surface area contributed by atoms with E-state index in [9.17, 15) is 14.4 Å². The first-order valence-corrected chi connectivity index (χ1v) is 11.9. The summed E-state index contributed by atoms with van der Waals surface area (Å²) in [6, 6.07) is 8.04. The second kappa shape index (κ2) is 14.6. The summed E-state index contributed by atoms with van der Waals surface area (Å²) < 4.78 is 5.25. The van der Waals surface area contributed by atoms with Crippen LogP contribution in [0.4, 0.5) is 0 Å². The molecule has 1 aromatic carbocycles. The maximum absolute atomic E-state index is 12.3. The summed E-state index contributed by atoms with van der Waals surface area (Å²) in [4.78, 5) is 36.7. The Kier molecular flexibility index (Phi) is 11.7. The first kappa shape index (κ1) is 24.9. The molecule has 6 heteroatoms. The molecule has 2 N–H and O–H groups in total. The molecule has 0 bridgehead atoms. The van der Waals surface area contributed by atoms with Gasteiger partial charge in [-0.05, 0) is 12.0 Å². The van der Waals surface area contributed by atoms with Gasteiger partial charge in [0.05, 0.1) is 13.0 Å². The van der Waals surface area contributed by atoms with Crippen LogP contribution in [0.1, 0.15) is 83.1 Å². The van der Waals surface area contributed by atoms with Crippen molar-refractivity contribution in [1.82, 2.24) is 10.6 Å². The SMILES string of the molecule is CCCCCCCCCCCCOC(=O)CC1NC(=O)C(Cc2ccccc2)NC1=O. The summed E-state index contributed by atoms with van der Waals surface area (Å²) in [5.74, 6) is -1.05. The van der Waals surface area contributed by atoms with Gasteiger partial charge in [0.1, 0.15) is 12.1 Å². The van der Waals surface area contributed by atoms with E-state index in [1.54, 1.807) is 0 Å². The number of unbranched alkanes of at least 4 members (excludes halogenated alkanes) is 9. The van der Waals surface area contributed by atoms with Gasteiger partial charge in [0.2, 0.25) is 11.8 Å². The molecule has 2 atom stereocenters. The second-order valence-corrected chi connectivity index (χ2v) is 8.42. The molecular formula is C25H38N2O4. The molecule has 2 unspecified atom stereocenters. The van der Waals surface area contributed by atoms with Crippen molar-refractivity contribution >= 4 is 17.8 Å². The largest absolute Gasteiger partial charge is 0.466 e. The van der Waals surface area contributed by atoms with Gasteiger partial charge in [0.25, 0.3) is 0 Å². The number of hydrogen-bond acceptors (Lipinski definition) is 4. The minimum atomic E-state index is -0.861. The standard InChI is InChI=1S/C25H38N2O4/c1-2-3-4-5-6-7-8-9-10-14-17-31-23(28)19-22-25(30)26-21(24(29)27-22)18-20-15-12-11-13-16-20/h11-13,15-16,21-22H,2-10,14,17-19H2,1H3,(H,26,30)(H,27,29). The number of piperazine rings is 1. The summed E-state index contributed by atoms with van der Waals surface area (Å²) in [6.07, 6.45) is 12.5. The maximum atomic E-state index is 12.3. The lowest BCUT2D eigenvalue weighted by Crippen LogP contribution is -2.62. The Hall–Kier alpha value is -2.37. The third kappa shape index (κ3) is 9.99. The van der Waals surface area contributed by atoms with Crippen LogP contribution >= 0.6 is 0 Å². The van der Waals surface area contributed by atoms with Gasteiger partial charge in [-0.15, -0.1) is 0 Å². The molecule has 0 spiro atoms. The molecule has 0 saturated carbocycles. The van der Waals surface area contributed by atoms with E-state index in [1.165, 1.54) is 44.9 Å². The van der Waals surface area contributed by atoms with E-state index in [0.29, 0.717) is 13.0 Å². The zero-order chi connectivity index (χ0) is 22.3. The van der Waals surface area contributed by atoms with E-state index in [0.717, 1.165) is 24.8 Å². The van der Waals surface area contributed by atoms with Gasteiger partial charge in [-0.3, -0.25) is 14.4 Å². The van der Waals surface area contributed by atoms with Crippen LogP contribution < -0.4 is 10.6 Å². The van der Waals surface area contributed by atoms with E-state index < -0.39 is 18.1 Å². The number of amides is 2. The number of carbonyl (C=O) groups excluding carboxylic acids is 3. The second-order valence-electron chi connectivity index (χ2n) is 8.42. The smallest absolute Gasteiger partial charge is 0.308 e. The van der Waals surface area contributed by atoms with Crippen molar-refractivity contribution in [3.63, 3.8) is 0 Å². The van der Waals surface area contributed by atoms with Gasteiger partial charge in [-0.2, -0.15) is 0 Å². The predicted molar refractivity (Wildman–Crippen MR) is 121 cm³/mol. The Morgan fingerprint density at radius 2 is 1.35 bits per heavy atom. The van der Waals surface area contributed by atoms with Gasteiger partial charge < -0.3 is 15.4 Å². The number of rotatable bonds is 15. The summed E-state index contributed by atoms with van der Waals surface area (Å²) in [5, 5.41) is 5.38. The molecule has 2 rings (SSSR count). The van der Waals surface area contributed by atoms with Crippen molar-refractivity contribution in [2.45, 2.75) is 96.1 Å². The lowest BCUT2D eigenvalue weighted by Gasteiger charge is -2.29. The van der Waals surface area contributed by atoms with Gasteiger partial charge >= 0.3 is 5.97 Å². The Labute approximate surface area is 186 Å². The third-order valence-electron chi connectivity index (χ3n) is 5.68. The number of benzene rings is 1. The van der Waals surface area contributed by atoms with E-state index >= 15 is 0 Å². The average molecular weight is 431 g/mol. The van der Waals surface area contributed by atoms with Crippen molar-refractivity contribution in [2.75, 3.05) is 6.61 Å². The van der Waals surface area contributed by atoms with Gasteiger partial charge in [-0.25, -0.2) is 0 Å². The monoisotopic (exact) mass is 430 g/mol. The summed E-state index contributed by atoms with van der Waals surface area (Å²) in [6.45, 7) is 2.60. The highest BCUT2D eigenvalue weighted by atomic mass is 16.5. The Balaban J connectivity index is 1.54. The van der Waals surface area contributed by atoms with E-state index in [1.807, 2.05) is 30.3 Å². The molecule has 1 aliphatic heterocycles. The lowest BCUT2D eigenvalue weighted by molar-refractivity contribution is -0.147. The molecule has 1 aliphatic rings. The maximum Gasteiger partial charge on any atom is 0.308 e. The van der Waals surface area contributed by atoms with Gasteiger partial charge in [0, 0.05) is 6.42 Å². The van der Waals surface area contributed by atoms with Crippen LogP contribution in [0.2, 0.25) is 0 Å². The fourth-order valence-electron chi connectivity index (χ4n) is 3.81. The summed E-state index contributed by atoms with van der Waals surface area (Å²) >= 11 is 0. The van der Waals surface area contributed by atoms with Crippen LogP contribution in [-0.4, -0.2) is 36.5 Å². The highest BCUT2D eigenvalue weighted by Gasteiger charge is 2.35. The number of carbonyl (C=O) groups is 3. The van der Waals surface area contributed by atoms with Crippen molar-refractivity contribution < 1.29 is 19.1 Å². The summed E-state index contributed by atoms with van der Waals surface area (Å²) in [7, 11) is 0. The Bertz CT molecular complexity index is 677. The highest BCUT2D eigenvalue weighted by Crippen LogP contribution is 2.11. The van der Waals surface area contributed by atoms with E-state index in [-0.39, 0.29) is 18.2 Å². The van der Waals surface area contributed by atoms with Crippen molar-refractivity contribution in [1.29, 1.82) is 0 Å². The zero-order valence-corrected chi connectivity index (χ0v) is 18.9. The van der Waals surface area contributed by atoms with Gasteiger partial charge in [-0.1, -0.05) is 95.0 Å². The number of nitrogens with one attached hydrogen (secondary N) is 2. The van der Waals surface area contributed by atoms with E-state index in [4.69, 9.17) is 4.74 Å². The molecule has 172 valence electrons. The summed E-state index contributed by atoms with van der Waals surface area (Å²) in [5.41, 5.74) is 0.970. The fourth-order valence-corrected chi connectivity index (χ4v) is 3.81. The predicted octanol–water partition coefficient (Wildman–Crippen LogP) is 4.07. The quantitative estimate of drug-likeness (QED) is 0.325. The fraction of sp³-hybridized carbons (Fsp3) is 0.640. The van der Waals surface area contributed by atoms with Crippen LogP contribution in [0.3, 0.4) is 0 Å². The molecule has 1 saturated heterocycles. The molecular weight excluding hydrogens is 392 g/mol. The topological polar surface area (TPSA) is 84.5 Å². The molecule has 31 heavy (non-hydrogen) atoms. The van der Waals surface area contributed by atoms with Crippen molar-refractivity contribution in [2.24, 2.45) is 0 Å². The molecule has 1 fully saturated rings. The van der Waals surface area contributed by atoms with Crippen molar-refractivity contribution in [3.8, 4) is 0 Å². The molecule has 1 aromatic rings. The molecule has 1 heterocycles. The molecule has 0 radical (unpaired) electrons. The van der Waals surface area contributed by atoms with Gasteiger partial charge in [0.15, 0.2) is 0 Å². The Morgan fingerprint density at radius 3 is 2.00 bits per heavy atom. The zero-order valence-electron chi connectivity index (χ0n) is 18.9. The highest BCUT2D eigenvalue weighted by molar-refractivity contribution is 5.98. The van der Waals surface area contributed by atoms with Crippen LogP contribution in [0, 0.1) is 0 Å². The average Bonchev–Trinajstić information content (AvgIpc) is 2.76. The molecule has 2 amide bonds. The first-order chi connectivity index (χ1) is 15.1. The third-order valence-corrected chi connectivity index (χ3v) is 5.68. The Morgan fingerprint density at radius 1 is 0.806 bits per heavy atom. The molecule has 0 aromatic heterocycles. The van der Waals surface area contributed by atoms with E-state index in [2.05, 4.69) is 17.6 Å². The molecule has 6 nitrogen and oxygen atoms in total. The normalized spacial score (nSPS) is 18.4. The number of hydrogen-bond donors (Lipinski definition) is 2. The van der Waals surface area contributed by atoms with Crippen LogP contribution in [0.5, 0.6) is 0 Å². The van der Waals surface area contributed by atoms with Crippen LogP contribution in [0.25, 0.3) is 0 Å². The molecule has 0 aliphatic carbocycles. The minimum absolute atomic E-state index is 0.132. The van der Waals surface area contributed by atoms with Crippen molar-refractivity contribution in [3.05, 3.63) is 35.9 Å². The minimum Gasteiger partial charge on any atom is -0.466 e.